The van der Waals surface area contributed by atoms with Crippen LogP contribution in [0.2, 0.25) is 0 Å². The molecule has 9 rings (SSSR count). The molecule has 9 aromatic rings. The lowest BCUT2D eigenvalue weighted by molar-refractivity contribution is 0.478. The lowest BCUT2D eigenvalue weighted by Crippen LogP contribution is -2.10. The van der Waals surface area contributed by atoms with Gasteiger partial charge in [0, 0.05) is 37.0 Å². The maximum Gasteiger partial charge on any atom is 0.147 e. The average molecular weight is 755 g/mol. The normalized spacial score (nSPS) is 11.4. The Bertz CT molecular complexity index is 2670. The van der Waals surface area contributed by atoms with E-state index in [0.717, 1.165) is 53.7 Å². The molecule has 0 bridgehead atoms. The van der Waals surface area contributed by atoms with E-state index < -0.39 is 0 Å². The number of para-hydroxylation sites is 3. The number of phenols is 1. The summed E-state index contributed by atoms with van der Waals surface area (Å²) in [6.45, 7) is 0. The molecule has 0 unspecified atom stereocenters. The second-order valence-corrected chi connectivity index (χ2v) is 13.6. The Morgan fingerprint density at radius 2 is 1.08 bits per heavy atom. The minimum atomic E-state index is 0.238. The molecule has 0 amide bonds. The molecule has 1 heterocycles. The predicted octanol–water partition coefficient (Wildman–Crippen LogP) is 13.1. The molecule has 0 aliphatic heterocycles. The van der Waals surface area contributed by atoms with Crippen molar-refractivity contribution >= 4 is 72.2 Å². The van der Waals surface area contributed by atoms with E-state index in [1.54, 1.807) is 0 Å². The number of phenolic OH excluding ortho intramolecular Hbond substituents is 1. The molecule has 1 aromatic heterocycles. The van der Waals surface area contributed by atoms with E-state index in [1.807, 2.05) is 30.3 Å². The van der Waals surface area contributed by atoms with E-state index in [4.69, 9.17) is 0 Å². The van der Waals surface area contributed by atoms with Crippen molar-refractivity contribution in [3.05, 3.63) is 186 Å². The molecule has 0 fully saturated rings. The van der Waals surface area contributed by atoms with E-state index in [-0.39, 0.29) is 5.75 Å². The fourth-order valence-electron chi connectivity index (χ4n) is 7.26. The van der Waals surface area contributed by atoms with Crippen molar-refractivity contribution in [2.45, 2.75) is 0 Å². The van der Waals surface area contributed by atoms with Crippen LogP contribution in [-0.4, -0.2) is 9.67 Å². The monoisotopic (exact) mass is 754 g/mol. The number of fused-ring (bicyclic) bond motifs is 4. The van der Waals surface area contributed by atoms with Gasteiger partial charge in [-0.3, -0.25) is 0 Å². The highest BCUT2D eigenvalue weighted by molar-refractivity contribution is 14.1. The molecular weight excluding hydrogens is 723 g/mol. The van der Waals surface area contributed by atoms with Gasteiger partial charge in [-0.2, -0.15) is 0 Å². The Morgan fingerprint density at radius 3 is 1.92 bits per heavy atom. The van der Waals surface area contributed by atoms with Gasteiger partial charge in [-0.15, -0.1) is 0 Å². The zero-order valence-electron chi connectivity index (χ0n) is 27.0. The van der Waals surface area contributed by atoms with Crippen molar-refractivity contribution in [1.82, 2.24) is 4.57 Å². The topological polar surface area (TPSA) is 28.4 Å². The standard InChI is InChI=1S/C46H31IN2O/c47-42-21-8-6-17-38(42)40-20-11-23-45(46(40)50)48(34-26-24-32(25-27-34)37-19-10-13-31-12-4-5-16-36(31)37)35-28-29-44-41(30-35)39-18-7-9-22-43(39)49(44)33-14-2-1-3-15-33/h1-30,50H. The fraction of sp³-hybridized carbons (Fsp3) is 0. The van der Waals surface area contributed by atoms with Gasteiger partial charge in [0.05, 0.1) is 16.7 Å². The van der Waals surface area contributed by atoms with Crippen LogP contribution in [0, 0.1) is 3.57 Å². The van der Waals surface area contributed by atoms with Crippen molar-refractivity contribution in [3.63, 3.8) is 0 Å². The molecule has 0 aliphatic carbocycles. The van der Waals surface area contributed by atoms with Crippen LogP contribution in [0.5, 0.6) is 5.75 Å². The highest BCUT2D eigenvalue weighted by Crippen LogP contribution is 2.46. The van der Waals surface area contributed by atoms with Crippen LogP contribution in [0.3, 0.4) is 0 Å². The average Bonchev–Trinajstić information content (AvgIpc) is 3.50. The molecule has 50 heavy (non-hydrogen) atoms. The van der Waals surface area contributed by atoms with E-state index in [0.29, 0.717) is 5.69 Å². The minimum Gasteiger partial charge on any atom is -0.505 e. The lowest BCUT2D eigenvalue weighted by Gasteiger charge is -2.27. The SMILES string of the molecule is Oc1c(-c2ccccc2I)cccc1N(c1ccc(-c2cccc3ccccc23)cc1)c1ccc2c(c1)c1ccccc1n2-c1ccccc1. The van der Waals surface area contributed by atoms with Crippen molar-refractivity contribution in [1.29, 1.82) is 0 Å². The second kappa shape index (κ2) is 12.6. The minimum absolute atomic E-state index is 0.238. The number of hydrogen-bond acceptors (Lipinski definition) is 2. The van der Waals surface area contributed by atoms with Gasteiger partial charge >= 0.3 is 0 Å². The summed E-state index contributed by atoms with van der Waals surface area (Å²) in [5, 5.41) is 16.9. The van der Waals surface area contributed by atoms with Gasteiger partial charge in [-0.1, -0.05) is 121 Å². The zero-order valence-corrected chi connectivity index (χ0v) is 29.2. The summed E-state index contributed by atoms with van der Waals surface area (Å²) in [6.07, 6.45) is 0. The predicted molar refractivity (Wildman–Crippen MR) is 218 cm³/mol. The van der Waals surface area contributed by atoms with E-state index in [1.165, 1.54) is 21.7 Å². The molecule has 0 spiro atoms. The summed E-state index contributed by atoms with van der Waals surface area (Å²) < 4.78 is 3.41. The van der Waals surface area contributed by atoms with Gasteiger partial charge in [0.2, 0.25) is 0 Å². The molecule has 4 heteroatoms. The van der Waals surface area contributed by atoms with Crippen LogP contribution in [0.15, 0.2) is 182 Å². The summed E-state index contributed by atoms with van der Waals surface area (Å²) in [4.78, 5) is 2.18. The van der Waals surface area contributed by atoms with Gasteiger partial charge in [0.25, 0.3) is 0 Å². The molecule has 0 saturated carbocycles. The van der Waals surface area contributed by atoms with Crippen LogP contribution >= 0.6 is 22.6 Å². The van der Waals surface area contributed by atoms with E-state index >= 15 is 0 Å². The Labute approximate surface area is 304 Å². The van der Waals surface area contributed by atoms with Crippen molar-refractivity contribution in [2.24, 2.45) is 0 Å². The molecule has 0 atom stereocenters. The third-order valence-corrected chi connectivity index (χ3v) is 10.5. The summed E-state index contributed by atoms with van der Waals surface area (Å²) >= 11 is 2.35. The van der Waals surface area contributed by atoms with E-state index in [9.17, 15) is 5.11 Å². The fourth-order valence-corrected chi connectivity index (χ4v) is 7.94. The number of rotatable bonds is 6. The molecular formula is C46H31IN2O. The number of halogens is 1. The van der Waals surface area contributed by atoms with Crippen molar-refractivity contribution in [3.8, 4) is 33.7 Å². The highest BCUT2D eigenvalue weighted by atomic mass is 127. The zero-order chi connectivity index (χ0) is 33.6. The maximum atomic E-state index is 12.1. The summed E-state index contributed by atoms with van der Waals surface area (Å²) in [6, 6.07) is 63.6. The van der Waals surface area contributed by atoms with Gasteiger partial charge in [0.1, 0.15) is 5.75 Å². The Balaban J connectivity index is 1.25. The van der Waals surface area contributed by atoms with Gasteiger partial charge in [-0.25, -0.2) is 0 Å². The molecule has 0 radical (unpaired) electrons. The van der Waals surface area contributed by atoms with Crippen LogP contribution in [0.25, 0.3) is 60.5 Å². The third-order valence-electron chi connectivity index (χ3n) is 9.57. The molecule has 1 N–H and O–H groups in total. The molecule has 0 saturated heterocycles. The number of benzene rings is 8. The summed E-state index contributed by atoms with van der Waals surface area (Å²) in [5.41, 5.74) is 10.2. The van der Waals surface area contributed by atoms with Gasteiger partial charge in [-0.05, 0) is 111 Å². The highest BCUT2D eigenvalue weighted by Gasteiger charge is 2.22. The Morgan fingerprint density at radius 1 is 0.460 bits per heavy atom. The molecule has 8 aromatic carbocycles. The largest absolute Gasteiger partial charge is 0.505 e. The number of aromatic hydroxyl groups is 1. The number of nitrogens with zero attached hydrogens (tertiary/aromatic N) is 2. The Hall–Kier alpha value is -5.85. The van der Waals surface area contributed by atoms with Crippen LogP contribution in [0.1, 0.15) is 0 Å². The van der Waals surface area contributed by atoms with Crippen LogP contribution < -0.4 is 4.90 Å². The Kier molecular flexibility index (Phi) is 7.59. The second-order valence-electron chi connectivity index (χ2n) is 12.5. The quantitative estimate of drug-likeness (QED) is 0.171. The number of aromatic nitrogens is 1. The smallest absolute Gasteiger partial charge is 0.147 e. The first-order valence-electron chi connectivity index (χ1n) is 16.7. The van der Waals surface area contributed by atoms with Crippen molar-refractivity contribution in [2.75, 3.05) is 4.90 Å². The summed E-state index contributed by atoms with van der Waals surface area (Å²) in [7, 11) is 0. The first-order chi connectivity index (χ1) is 24.7. The van der Waals surface area contributed by atoms with Gasteiger partial charge in [0.15, 0.2) is 0 Å². The third kappa shape index (κ3) is 5.11. The van der Waals surface area contributed by atoms with Crippen molar-refractivity contribution < 1.29 is 5.11 Å². The maximum absolute atomic E-state index is 12.1. The first kappa shape index (κ1) is 30.2. The van der Waals surface area contributed by atoms with Crippen LogP contribution in [0.4, 0.5) is 17.1 Å². The number of hydrogen-bond donors (Lipinski definition) is 1. The molecule has 0 aliphatic rings. The first-order valence-corrected chi connectivity index (χ1v) is 17.8. The van der Waals surface area contributed by atoms with Crippen LogP contribution in [-0.2, 0) is 0 Å². The van der Waals surface area contributed by atoms with Gasteiger partial charge < -0.3 is 14.6 Å². The summed E-state index contributed by atoms with van der Waals surface area (Å²) in [5.74, 6) is 0.238. The molecule has 3 nitrogen and oxygen atoms in total. The lowest BCUT2D eigenvalue weighted by atomic mass is 9.98. The number of anilines is 3. The molecule has 238 valence electrons. The van der Waals surface area contributed by atoms with E-state index in [2.05, 4.69) is 184 Å².